The van der Waals surface area contributed by atoms with Gasteiger partial charge in [-0.3, -0.25) is 14.4 Å². The van der Waals surface area contributed by atoms with Crippen LogP contribution in [0.4, 0.5) is 5.69 Å². The smallest absolute Gasteiger partial charge is 0.251 e. The first-order chi connectivity index (χ1) is 19.9. The van der Waals surface area contributed by atoms with Crippen LogP contribution >= 0.6 is 11.8 Å². The largest absolute Gasteiger partial charge is 0.394 e. The number of nitrogens with zero attached hydrogens (tertiary/aromatic N) is 3. The van der Waals surface area contributed by atoms with Crippen molar-refractivity contribution in [2.45, 2.75) is 88.8 Å². The summed E-state index contributed by atoms with van der Waals surface area (Å²) in [5.41, 5.74) is 2.77. The van der Waals surface area contributed by atoms with Gasteiger partial charge in [0.05, 0.1) is 29.2 Å². The number of carbonyl (C=O) groups excluding carboxylic acids is 3. The van der Waals surface area contributed by atoms with Crippen molar-refractivity contribution in [3.05, 3.63) is 54.6 Å². The number of rotatable bonds is 13. The number of hydrogen-bond acceptors (Lipinski definition) is 5. The van der Waals surface area contributed by atoms with Crippen LogP contribution in [-0.4, -0.2) is 80.4 Å². The van der Waals surface area contributed by atoms with Crippen LogP contribution in [0.3, 0.4) is 0 Å². The molecule has 4 rings (SSSR count). The molecule has 3 saturated heterocycles. The molecule has 8 heteroatoms. The molecule has 1 aromatic carbocycles. The molecule has 2 unspecified atom stereocenters. The van der Waals surface area contributed by atoms with E-state index < -0.39 is 33.4 Å². The fourth-order valence-corrected chi connectivity index (χ4v) is 10.3. The van der Waals surface area contributed by atoms with Crippen LogP contribution in [0.25, 0.3) is 0 Å². The first-order valence-corrected chi connectivity index (χ1v) is 16.2. The Morgan fingerprint density at radius 1 is 1.14 bits per heavy atom. The molecule has 7 nitrogen and oxygen atoms in total. The molecule has 0 aliphatic carbocycles. The maximum Gasteiger partial charge on any atom is 0.251 e. The number of aliphatic hydroxyl groups is 1. The molecule has 0 saturated carbocycles. The summed E-state index contributed by atoms with van der Waals surface area (Å²) in [4.78, 5) is 49.3. The number of aryl methyl sites for hydroxylation is 2. The average molecular weight is 596 g/mol. The lowest BCUT2D eigenvalue weighted by atomic mass is 9.66. The summed E-state index contributed by atoms with van der Waals surface area (Å²) in [6, 6.07) is 4.65. The Morgan fingerprint density at radius 2 is 1.79 bits per heavy atom. The standard InChI is InChI=1S/C34H49N3O4S/c1-9-17-35(18-10-2)30(39)26-27-31(40)37(25(21-38)20-22(4)5)29(34(27)16-15-33(26,8)42-34)32(41)36(19-11-3)28-23(6)13-12-14-24(28)7/h9,11-14,22,25-27,29,38H,1,3,10,15-21H2,2,4-8H3/t25-,26+,27+,29?,33-,34?/m1/s1. The molecule has 230 valence electrons. The number of aliphatic hydroxyl groups excluding tert-OH is 1. The minimum atomic E-state index is -0.798. The molecule has 3 aliphatic heterocycles. The predicted octanol–water partition coefficient (Wildman–Crippen LogP) is 5.14. The van der Waals surface area contributed by atoms with Gasteiger partial charge in [0.2, 0.25) is 11.8 Å². The number of likely N-dealkylation sites (tertiary alicyclic amines) is 1. The zero-order chi connectivity index (χ0) is 31.0. The highest BCUT2D eigenvalue weighted by Gasteiger charge is 2.78. The number of amides is 3. The van der Waals surface area contributed by atoms with Crippen molar-refractivity contribution in [3.8, 4) is 0 Å². The molecule has 1 spiro atoms. The van der Waals surface area contributed by atoms with Gasteiger partial charge in [0.15, 0.2) is 0 Å². The summed E-state index contributed by atoms with van der Waals surface area (Å²) < 4.78 is -1.21. The number of hydrogen-bond donors (Lipinski definition) is 1. The molecule has 1 aromatic rings. The maximum absolute atomic E-state index is 15.0. The molecular formula is C34H49N3O4S. The molecule has 3 aliphatic rings. The van der Waals surface area contributed by atoms with Gasteiger partial charge in [0.25, 0.3) is 5.91 Å². The van der Waals surface area contributed by atoms with E-state index >= 15 is 4.79 Å². The van der Waals surface area contributed by atoms with Crippen molar-refractivity contribution in [2.24, 2.45) is 17.8 Å². The van der Waals surface area contributed by atoms with Gasteiger partial charge in [-0.05, 0) is 63.5 Å². The molecule has 3 amide bonds. The summed E-state index contributed by atoms with van der Waals surface area (Å²) in [7, 11) is 0. The number of anilines is 1. The summed E-state index contributed by atoms with van der Waals surface area (Å²) in [6.45, 7) is 21.2. The van der Waals surface area contributed by atoms with Gasteiger partial charge in [-0.2, -0.15) is 0 Å². The van der Waals surface area contributed by atoms with Crippen molar-refractivity contribution >= 4 is 35.2 Å². The second kappa shape index (κ2) is 12.6. The number of carbonyl (C=O) groups is 3. The molecule has 1 N–H and O–H groups in total. The minimum absolute atomic E-state index is 0.0261. The van der Waals surface area contributed by atoms with Gasteiger partial charge in [-0.1, -0.05) is 51.1 Å². The summed E-state index contributed by atoms with van der Waals surface area (Å²) in [5.74, 6) is -1.32. The van der Waals surface area contributed by atoms with Crippen molar-refractivity contribution < 1.29 is 19.5 Å². The molecule has 3 heterocycles. The van der Waals surface area contributed by atoms with Crippen LogP contribution in [0.1, 0.15) is 64.5 Å². The third-order valence-corrected chi connectivity index (χ3v) is 11.5. The number of thioether (sulfide) groups is 1. The predicted molar refractivity (Wildman–Crippen MR) is 171 cm³/mol. The highest BCUT2D eigenvalue weighted by atomic mass is 32.2. The summed E-state index contributed by atoms with van der Waals surface area (Å²) in [5, 5.41) is 10.7. The first kappa shape index (κ1) is 32.3. The zero-order valence-corrected chi connectivity index (χ0v) is 27.1. The Kier molecular flexibility index (Phi) is 9.68. The first-order valence-electron chi connectivity index (χ1n) is 15.4. The monoisotopic (exact) mass is 595 g/mol. The van der Waals surface area contributed by atoms with Crippen molar-refractivity contribution in [1.82, 2.24) is 9.80 Å². The zero-order valence-electron chi connectivity index (χ0n) is 26.3. The normalized spacial score (nSPS) is 28.6. The lowest BCUT2D eigenvalue weighted by Crippen LogP contribution is -2.58. The van der Waals surface area contributed by atoms with E-state index in [1.54, 1.807) is 33.7 Å². The van der Waals surface area contributed by atoms with E-state index in [1.807, 2.05) is 43.9 Å². The van der Waals surface area contributed by atoms with Crippen molar-refractivity contribution in [3.63, 3.8) is 0 Å². The second-order valence-corrected chi connectivity index (χ2v) is 14.9. The van der Waals surface area contributed by atoms with E-state index in [2.05, 4.69) is 33.9 Å². The second-order valence-electron chi connectivity index (χ2n) is 13.0. The lowest BCUT2D eigenvalue weighted by molar-refractivity contribution is -0.146. The SMILES string of the molecule is C=CCN(CCC)C(=O)[C@@H]1[C@H]2C(=O)N([C@@H](CO)CC(C)C)C(C(=O)N(CC=C)c3c(C)cccc3C)C23CC[C@@]1(C)S3. The third-order valence-electron chi connectivity index (χ3n) is 9.50. The lowest BCUT2D eigenvalue weighted by Gasteiger charge is -2.40. The number of para-hydroxylation sites is 1. The highest BCUT2D eigenvalue weighted by molar-refractivity contribution is 8.02. The Hall–Kier alpha value is -2.58. The summed E-state index contributed by atoms with van der Waals surface area (Å²) in [6.07, 6.45) is 6.26. The molecule has 42 heavy (non-hydrogen) atoms. The fourth-order valence-electron chi connectivity index (χ4n) is 7.95. The number of fused-ring (bicyclic) bond motifs is 1. The van der Waals surface area contributed by atoms with Crippen LogP contribution in [0.2, 0.25) is 0 Å². The average Bonchev–Trinajstić information content (AvgIpc) is 3.50. The van der Waals surface area contributed by atoms with Gasteiger partial charge in [0, 0.05) is 30.1 Å². The molecule has 3 fully saturated rings. The molecule has 0 aromatic heterocycles. The van der Waals surface area contributed by atoms with Gasteiger partial charge in [0.1, 0.15) is 6.04 Å². The van der Waals surface area contributed by atoms with Crippen LogP contribution in [0.15, 0.2) is 43.5 Å². The Morgan fingerprint density at radius 3 is 2.33 bits per heavy atom. The Balaban J connectivity index is 1.89. The number of benzene rings is 1. The fraction of sp³-hybridized carbons (Fsp3) is 0.618. The molecule has 0 radical (unpaired) electrons. The van der Waals surface area contributed by atoms with Gasteiger partial charge in [-0.15, -0.1) is 24.9 Å². The Bertz CT molecular complexity index is 1210. The van der Waals surface area contributed by atoms with Crippen LogP contribution in [-0.2, 0) is 14.4 Å². The van der Waals surface area contributed by atoms with E-state index in [0.717, 1.165) is 29.7 Å². The molecular weight excluding hydrogens is 546 g/mol. The van der Waals surface area contributed by atoms with E-state index in [1.165, 1.54) is 0 Å². The summed E-state index contributed by atoms with van der Waals surface area (Å²) >= 11 is 1.68. The van der Waals surface area contributed by atoms with Gasteiger partial charge in [-0.25, -0.2) is 0 Å². The molecule has 2 bridgehead atoms. The van der Waals surface area contributed by atoms with Crippen molar-refractivity contribution in [2.75, 3.05) is 31.1 Å². The van der Waals surface area contributed by atoms with Crippen LogP contribution in [0.5, 0.6) is 0 Å². The van der Waals surface area contributed by atoms with Crippen molar-refractivity contribution in [1.29, 1.82) is 0 Å². The van der Waals surface area contributed by atoms with E-state index in [-0.39, 0.29) is 30.2 Å². The quantitative estimate of drug-likeness (QED) is 0.320. The third kappa shape index (κ3) is 5.23. The molecule has 6 atom stereocenters. The minimum Gasteiger partial charge on any atom is -0.394 e. The maximum atomic E-state index is 15.0. The topological polar surface area (TPSA) is 81.2 Å². The highest BCUT2D eigenvalue weighted by Crippen LogP contribution is 2.72. The van der Waals surface area contributed by atoms with Crippen LogP contribution in [0, 0.1) is 31.6 Å². The van der Waals surface area contributed by atoms with E-state index in [4.69, 9.17) is 0 Å². The van der Waals surface area contributed by atoms with Gasteiger partial charge >= 0.3 is 0 Å². The van der Waals surface area contributed by atoms with Crippen LogP contribution < -0.4 is 4.90 Å². The van der Waals surface area contributed by atoms with E-state index in [0.29, 0.717) is 32.5 Å². The van der Waals surface area contributed by atoms with Gasteiger partial charge < -0.3 is 19.8 Å². The Labute approximate surface area is 256 Å². The van der Waals surface area contributed by atoms with E-state index in [9.17, 15) is 14.7 Å².